The maximum absolute atomic E-state index is 9.19. The van der Waals surface area contributed by atoms with Crippen molar-refractivity contribution in [1.82, 2.24) is 0 Å². The molecule has 0 saturated heterocycles. The summed E-state index contributed by atoms with van der Waals surface area (Å²) in [5, 5.41) is 21.5. The zero-order valence-electron chi connectivity index (χ0n) is 14.6. The number of rotatable bonds is 0. The molecule has 0 aliphatic rings. The van der Waals surface area contributed by atoms with Crippen LogP contribution in [0.2, 0.25) is 0 Å². The SMILES string of the molecule is CS(=O)(=O)O.CS(=O)(=O)O.CS(=O)(=O)O.CS(=O)(=O)O.OB(O)O.[H-].[Li+]. The molecule has 0 saturated carbocycles. The third-order valence-electron chi connectivity index (χ3n) is 0. The van der Waals surface area contributed by atoms with E-state index < -0.39 is 47.8 Å². The zero-order valence-corrected chi connectivity index (χ0v) is 16.9. The molecular weight excluding hydrogens is 434 g/mol. The Morgan fingerprint density at radius 2 is 0.520 bits per heavy atom. The van der Waals surface area contributed by atoms with Crippen LogP contribution in [0, 0.1) is 0 Å². The second-order valence-electron chi connectivity index (χ2n) is 3.28. The molecule has 15 nitrogen and oxygen atoms in total. The summed E-state index contributed by atoms with van der Waals surface area (Å²) in [6.07, 6.45) is 2.86. The van der Waals surface area contributed by atoms with Crippen LogP contribution in [0.4, 0.5) is 0 Å². The molecule has 0 bridgehead atoms. The summed E-state index contributed by atoms with van der Waals surface area (Å²) in [5.41, 5.74) is 0. The van der Waals surface area contributed by atoms with Gasteiger partial charge >= 0.3 is 26.2 Å². The van der Waals surface area contributed by atoms with E-state index in [1.165, 1.54) is 0 Å². The molecule has 0 radical (unpaired) electrons. The summed E-state index contributed by atoms with van der Waals surface area (Å²) in [7, 11) is -16.8. The van der Waals surface area contributed by atoms with Crippen LogP contribution in [0.15, 0.2) is 0 Å². The molecule has 0 aromatic heterocycles. The third-order valence-corrected chi connectivity index (χ3v) is 0. The van der Waals surface area contributed by atoms with Crippen molar-refractivity contribution in [3.8, 4) is 0 Å². The minimum absolute atomic E-state index is 0. The van der Waals surface area contributed by atoms with Gasteiger partial charge in [0.2, 0.25) is 0 Å². The first-order chi connectivity index (χ1) is 9.73. The summed E-state index contributed by atoms with van der Waals surface area (Å²) >= 11 is 0. The molecule has 0 aromatic rings. The monoisotopic (exact) mass is 454 g/mol. The molecule has 0 amide bonds. The first-order valence-electron chi connectivity index (χ1n) is 4.47. The predicted octanol–water partition coefficient (Wildman–Crippen LogP) is -6.92. The Balaban J connectivity index is -0.0000000341. The minimum atomic E-state index is -3.67. The smallest absolute Gasteiger partial charge is 1.00 e. The fourth-order valence-electron chi connectivity index (χ4n) is 0. The summed E-state index contributed by atoms with van der Waals surface area (Å²) < 4.78 is 103. The van der Waals surface area contributed by atoms with Gasteiger partial charge in [-0.2, -0.15) is 33.7 Å². The Morgan fingerprint density at radius 1 is 0.520 bits per heavy atom. The number of hydrogen-bond donors (Lipinski definition) is 7. The van der Waals surface area contributed by atoms with Gasteiger partial charge in [-0.25, -0.2) is 0 Å². The van der Waals surface area contributed by atoms with Gasteiger partial charge in [0.05, 0.1) is 25.0 Å². The van der Waals surface area contributed by atoms with Gasteiger partial charge in [-0.15, -0.1) is 0 Å². The molecule has 0 unspecified atom stereocenters. The van der Waals surface area contributed by atoms with Crippen LogP contribution in [-0.4, -0.2) is 99.3 Å². The van der Waals surface area contributed by atoms with Crippen LogP contribution in [0.5, 0.6) is 0 Å². The van der Waals surface area contributed by atoms with Gasteiger partial charge in [0.1, 0.15) is 0 Å². The van der Waals surface area contributed by atoms with Crippen molar-refractivity contribution in [2.45, 2.75) is 0 Å². The van der Waals surface area contributed by atoms with Crippen molar-refractivity contribution in [1.29, 1.82) is 0 Å². The maximum atomic E-state index is 9.19. The van der Waals surface area contributed by atoms with Crippen molar-refractivity contribution in [2.75, 3.05) is 25.0 Å². The van der Waals surface area contributed by atoms with E-state index in [0.29, 0.717) is 25.0 Å². The molecule has 0 spiro atoms. The molecule has 21 heteroatoms. The largest absolute Gasteiger partial charge is 1.00 e. The fourth-order valence-corrected chi connectivity index (χ4v) is 0. The van der Waals surface area contributed by atoms with E-state index in [9.17, 15) is 33.7 Å². The fraction of sp³-hybridized carbons (Fsp3) is 1.00. The Bertz CT molecular complexity index is 540. The van der Waals surface area contributed by atoms with Gasteiger partial charge in [0, 0.05) is 0 Å². The van der Waals surface area contributed by atoms with Crippen molar-refractivity contribution in [3.63, 3.8) is 0 Å². The quantitative estimate of drug-likeness (QED) is 0.132. The van der Waals surface area contributed by atoms with Gasteiger partial charge in [0.25, 0.3) is 40.5 Å². The second-order valence-corrected chi connectivity index (χ2v) is 9.14. The van der Waals surface area contributed by atoms with E-state index in [1.54, 1.807) is 0 Å². The van der Waals surface area contributed by atoms with Crippen LogP contribution in [0.1, 0.15) is 1.43 Å². The topological polar surface area (TPSA) is 278 Å². The zero-order chi connectivity index (χ0) is 21.6. The maximum Gasteiger partial charge on any atom is 1.00 e. The van der Waals surface area contributed by atoms with Gasteiger partial charge in [-0.1, -0.05) is 0 Å². The van der Waals surface area contributed by atoms with Crippen molar-refractivity contribution >= 4 is 47.8 Å². The third kappa shape index (κ3) is 358000. The Hall–Kier alpha value is 0.182. The first kappa shape index (κ1) is 40.0. The van der Waals surface area contributed by atoms with E-state index in [4.69, 9.17) is 33.3 Å². The summed E-state index contributed by atoms with van der Waals surface area (Å²) in [6, 6.07) is 0. The number of hydrogen-bond acceptors (Lipinski definition) is 11. The van der Waals surface area contributed by atoms with E-state index in [0.717, 1.165) is 0 Å². The van der Waals surface area contributed by atoms with Gasteiger partial charge in [-0.05, 0) is 0 Å². The van der Waals surface area contributed by atoms with E-state index in [1.807, 2.05) is 0 Å². The van der Waals surface area contributed by atoms with Crippen LogP contribution < -0.4 is 18.9 Å². The van der Waals surface area contributed by atoms with Crippen LogP contribution in [-0.2, 0) is 40.5 Å². The van der Waals surface area contributed by atoms with E-state index in [2.05, 4.69) is 0 Å². The van der Waals surface area contributed by atoms with Crippen LogP contribution in [0.25, 0.3) is 0 Å². The molecule has 0 fully saturated rings. The molecule has 25 heavy (non-hydrogen) atoms. The summed E-state index contributed by atoms with van der Waals surface area (Å²) in [6.45, 7) is 0. The first-order valence-corrected chi connectivity index (χ1v) is 11.9. The van der Waals surface area contributed by atoms with Gasteiger partial charge < -0.3 is 16.5 Å². The van der Waals surface area contributed by atoms with E-state index >= 15 is 0 Å². The molecule has 154 valence electrons. The van der Waals surface area contributed by atoms with Gasteiger partial charge in [0.15, 0.2) is 0 Å². The molecular formula is C4H20BLiO15S4. The van der Waals surface area contributed by atoms with Gasteiger partial charge in [-0.3, -0.25) is 18.2 Å². The summed E-state index contributed by atoms with van der Waals surface area (Å²) in [4.78, 5) is 0. The average Bonchev–Trinajstić information content (AvgIpc) is 1.82. The molecule has 0 aliphatic carbocycles. The molecule has 0 aromatic carbocycles. The molecule has 0 heterocycles. The minimum Gasteiger partial charge on any atom is -1.00 e. The molecule has 7 N–H and O–H groups in total. The Kier molecular flexibility index (Phi) is 28.2. The molecule has 0 rings (SSSR count). The van der Waals surface area contributed by atoms with E-state index in [-0.39, 0.29) is 20.3 Å². The van der Waals surface area contributed by atoms with Crippen LogP contribution in [0.3, 0.4) is 0 Å². The standard InChI is InChI=1S/4CH4O3S.BH3O3.Li.H/c4*1-5(2,3)4;2-1(3)4;;/h4*1H3,(H,2,3,4);2-4H;;/q;;;;;+1;-1. The Labute approximate surface area is 159 Å². The Morgan fingerprint density at radius 3 is 0.520 bits per heavy atom. The molecule has 0 aliphatic heterocycles. The van der Waals surface area contributed by atoms with Crippen molar-refractivity contribution in [3.05, 3.63) is 0 Å². The average molecular weight is 454 g/mol. The van der Waals surface area contributed by atoms with Crippen LogP contribution >= 0.6 is 0 Å². The second kappa shape index (κ2) is 17.6. The van der Waals surface area contributed by atoms with Crippen molar-refractivity contribution < 1.29 is 87.2 Å². The predicted molar refractivity (Wildman–Crippen MR) is 83.4 cm³/mol. The normalized spacial score (nSPS) is 10.4. The molecule has 0 atom stereocenters. The van der Waals surface area contributed by atoms with Crippen molar-refractivity contribution in [2.24, 2.45) is 0 Å². The summed E-state index contributed by atoms with van der Waals surface area (Å²) in [5.74, 6) is 0.